The van der Waals surface area contributed by atoms with Crippen molar-refractivity contribution in [2.75, 3.05) is 33.9 Å². The van der Waals surface area contributed by atoms with Crippen LogP contribution < -0.4 is 4.74 Å². The molecule has 6 nitrogen and oxygen atoms in total. The van der Waals surface area contributed by atoms with Crippen LogP contribution in [-0.4, -0.2) is 61.1 Å². The fraction of sp³-hybridized carbons (Fsp3) is 0.481. The zero-order chi connectivity index (χ0) is 24.8. The van der Waals surface area contributed by atoms with Gasteiger partial charge in [-0.3, -0.25) is 9.59 Å². The Morgan fingerprint density at radius 2 is 1.88 bits per heavy atom. The molecule has 1 heterocycles. The molecule has 0 saturated carbocycles. The van der Waals surface area contributed by atoms with Gasteiger partial charge in [-0.2, -0.15) is 0 Å². The zero-order valence-electron chi connectivity index (χ0n) is 20.6. The van der Waals surface area contributed by atoms with E-state index >= 15 is 0 Å². The Morgan fingerprint density at radius 1 is 1.15 bits per heavy atom. The third-order valence-corrected chi connectivity index (χ3v) is 6.76. The summed E-state index contributed by atoms with van der Waals surface area (Å²) in [6, 6.07) is 17.2. The van der Waals surface area contributed by atoms with Gasteiger partial charge in [-0.05, 0) is 50.5 Å². The van der Waals surface area contributed by atoms with E-state index in [4.69, 9.17) is 21.1 Å². The van der Waals surface area contributed by atoms with Crippen molar-refractivity contribution >= 4 is 23.4 Å². The topological polar surface area (TPSA) is 59.1 Å². The molecule has 2 aromatic rings. The van der Waals surface area contributed by atoms with E-state index in [2.05, 4.69) is 0 Å². The highest BCUT2D eigenvalue weighted by Crippen LogP contribution is 2.36. The van der Waals surface area contributed by atoms with Crippen LogP contribution in [-0.2, 0) is 20.9 Å². The number of benzene rings is 2. The van der Waals surface area contributed by atoms with E-state index in [1.165, 1.54) is 0 Å². The summed E-state index contributed by atoms with van der Waals surface area (Å²) in [6.07, 6.45) is 1.86. The van der Waals surface area contributed by atoms with Crippen LogP contribution >= 0.6 is 11.6 Å². The van der Waals surface area contributed by atoms with Crippen LogP contribution in [0.25, 0.3) is 0 Å². The van der Waals surface area contributed by atoms with Gasteiger partial charge in [-0.1, -0.05) is 48.0 Å². The standard InChI is InChI=1S/C27H35ClN2O4/c1-26(2,33-4)25(32)30-15-9-14-27(19-30,20-34-23-13-8-12-22(28)16-23)17-24(31)29(3)18-21-10-6-5-7-11-21/h5-8,10-13,16H,9,14-15,17-20H2,1-4H3/t27-/m1/s1. The van der Waals surface area contributed by atoms with Gasteiger partial charge in [0.2, 0.25) is 5.91 Å². The normalized spacial score (nSPS) is 18.4. The molecular weight excluding hydrogens is 452 g/mol. The van der Waals surface area contributed by atoms with Crippen molar-refractivity contribution in [3.05, 3.63) is 65.2 Å². The third kappa shape index (κ3) is 6.73. The minimum atomic E-state index is -0.926. The maximum Gasteiger partial charge on any atom is 0.254 e. The summed E-state index contributed by atoms with van der Waals surface area (Å²) in [6.45, 7) is 5.46. The Balaban J connectivity index is 1.79. The number of amides is 2. The Bertz CT molecular complexity index is 982. The predicted molar refractivity (Wildman–Crippen MR) is 134 cm³/mol. The van der Waals surface area contributed by atoms with E-state index < -0.39 is 11.0 Å². The van der Waals surface area contributed by atoms with Crippen molar-refractivity contribution in [1.29, 1.82) is 0 Å². The molecule has 0 radical (unpaired) electrons. The molecule has 1 aliphatic rings. The lowest BCUT2D eigenvalue weighted by atomic mass is 9.77. The van der Waals surface area contributed by atoms with E-state index in [1.54, 1.807) is 38.0 Å². The van der Waals surface area contributed by atoms with Gasteiger partial charge < -0.3 is 19.3 Å². The first kappa shape index (κ1) is 26.0. The van der Waals surface area contributed by atoms with Gasteiger partial charge in [0, 0.05) is 50.7 Å². The molecule has 0 N–H and O–H groups in total. The Morgan fingerprint density at radius 3 is 2.56 bits per heavy atom. The van der Waals surface area contributed by atoms with E-state index in [9.17, 15) is 9.59 Å². The number of carbonyl (C=O) groups excluding carboxylic acids is 2. The minimum absolute atomic E-state index is 0.0267. The fourth-order valence-corrected chi connectivity index (χ4v) is 4.54. The lowest BCUT2D eigenvalue weighted by molar-refractivity contribution is -0.156. The Kier molecular flexibility index (Phi) is 8.61. The molecule has 3 rings (SSSR count). The highest BCUT2D eigenvalue weighted by molar-refractivity contribution is 6.30. The number of halogens is 1. The monoisotopic (exact) mass is 486 g/mol. The number of nitrogens with zero attached hydrogens (tertiary/aromatic N) is 2. The third-order valence-electron chi connectivity index (χ3n) is 6.53. The van der Waals surface area contributed by atoms with Gasteiger partial charge >= 0.3 is 0 Å². The molecule has 2 aromatic carbocycles. The molecule has 7 heteroatoms. The number of methoxy groups -OCH3 is 1. The fourth-order valence-electron chi connectivity index (χ4n) is 4.36. The lowest BCUT2D eigenvalue weighted by Crippen LogP contribution is -2.55. The molecular formula is C27H35ClN2O4. The summed E-state index contributed by atoms with van der Waals surface area (Å²) < 4.78 is 11.6. The number of likely N-dealkylation sites (tertiary alicyclic amines) is 1. The van der Waals surface area contributed by atoms with E-state index in [-0.39, 0.29) is 18.2 Å². The van der Waals surface area contributed by atoms with Gasteiger partial charge in [-0.25, -0.2) is 0 Å². The predicted octanol–water partition coefficient (Wildman–Crippen LogP) is 4.80. The second kappa shape index (κ2) is 11.2. The SMILES string of the molecule is COC(C)(C)C(=O)N1CCC[C@@](COc2cccc(Cl)c2)(CC(=O)N(C)Cc2ccccc2)C1. The van der Waals surface area contributed by atoms with Crippen LogP contribution in [0.3, 0.4) is 0 Å². The second-order valence-corrected chi connectivity index (χ2v) is 10.1. The molecule has 0 spiro atoms. The number of ether oxygens (including phenoxy) is 2. The average molecular weight is 487 g/mol. The maximum atomic E-state index is 13.3. The molecule has 1 saturated heterocycles. The number of rotatable bonds is 9. The largest absolute Gasteiger partial charge is 0.493 e. The van der Waals surface area contributed by atoms with Gasteiger partial charge in [0.25, 0.3) is 5.91 Å². The van der Waals surface area contributed by atoms with Crippen molar-refractivity contribution in [2.45, 2.75) is 45.3 Å². The zero-order valence-corrected chi connectivity index (χ0v) is 21.3. The first-order chi connectivity index (χ1) is 16.1. The number of piperidine rings is 1. The van der Waals surface area contributed by atoms with Crippen LogP contribution in [0, 0.1) is 5.41 Å². The van der Waals surface area contributed by atoms with Crippen LogP contribution in [0.5, 0.6) is 5.75 Å². The van der Waals surface area contributed by atoms with Crippen molar-refractivity contribution in [2.24, 2.45) is 5.41 Å². The quantitative estimate of drug-likeness (QED) is 0.510. The van der Waals surface area contributed by atoms with Crippen LogP contribution in [0.1, 0.15) is 38.7 Å². The average Bonchev–Trinajstić information content (AvgIpc) is 2.83. The van der Waals surface area contributed by atoms with Crippen molar-refractivity contribution in [3.8, 4) is 5.75 Å². The van der Waals surface area contributed by atoms with Crippen LogP contribution in [0.15, 0.2) is 54.6 Å². The number of carbonyl (C=O) groups is 2. The molecule has 1 fully saturated rings. The van der Waals surface area contributed by atoms with Gasteiger partial charge in [0.1, 0.15) is 11.4 Å². The smallest absolute Gasteiger partial charge is 0.254 e. The first-order valence-electron chi connectivity index (χ1n) is 11.6. The molecule has 184 valence electrons. The molecule has 0 bridgehead atoms. The summed E-state index contributed by atoms with van der Waals surface area (Å²) in [4.78, 5) is 30.1. The Labute approximate surface area is 207 Å². The molecule has 1 aliphatic heterocycles. The van der Waals surface area contributed by atoms with Crippen molar-refractivity contribution < 1.29 is 19.1 Å². The number of hydrogen-bond donors (Lipinski definition) is 0. The maximum absolute atomic E-state index is 13.3. The van der Waals surface area contributed by atoms with Gasteiger partial charge in [0.05, 0.1) is 6.61 Å². The summed E-state index contributed by atoms with van der Waals surface area (Å²) in [5.41, 5.74) is -0.363. The summed E-state index contributed by atoms with van der Waals surface area (Å²) in [7, 11) is 3.36. The van der Waals surface area contributed by atoms with E-state index in [0.29, 0.717) is 37.0 Å². The van der Waals surface area contributed by atoms with Crippen LogP contribution in [0.2, 0.25) is 5.02 Å². The Hall–Kier alpha value is -2.57. The molecule has 0 aromatic heterocycles. The van der Waals surface area contributed by atoms with Crippen LogP contribution in [0.4, 0.5) is 0 Å². The molecule has 0 aliphatic carbocycles. The highest BCUT2D eigenvalue weighted by Gasteiger charge is 2.43. The summed E-state index contributed by atoms with van der Waals surface area (Å²) >= 11 is 6.13. The molecule has 34 heavy (non-hydrogen) atoms. The summed E-state index contributed by atoms with van der Waals surface area (Å²) in [5, 5.41) is 0.590. The summed E-state index contributed by atoms with van der Waals surface area (Å²) in [5.74, 6) is 0.600. The van der Waals surface area contributed by atoms with Crippen molar-refractivity contribution in [1.82, 2.24) is 9.80 Å². The minimum Gasteiger partial charge on any atom is -0.493 e. The van der Waals surface area contributed by atoms with E-state index in [1.807, 2.05) is 54.4 Å². The van der Waals surface area contributed by atoms with E-state index in [0.717, 1.165) is 18.4 Å². The van der Waals surface area contributed by atoms with Gasteiger partial charge in [0.15, 0.2) is 0 Å². The van der Waals surface area contributed by atoms with Gasteiger partial charge in [-0.15, -0.1) is 0 Å². The first-order valence-corrected chi connectivity index (χ1v) is 12.0. The highest BCUT2D eigenvalue weighted by atomic mass is 35.5. The molecule has 0 unspecified atom stereocenters. The molecule has 1 atom stereocenters. The van der Waals surface area contributed by atoms with Crippen molar-refractivity contribution in [3.63, 3.8) is 0 Å². The second-order valence-electron chi connectivity index (χ2n) is 9.70. The molecule has 2 amide bonds. The lowest BCUT2D eigenvalue weighted by Gasteiger charge is -2.44. The number of hydrogen-bond acceptors (Lipinski definition) is 4.